The van der Waals surface area contributed by atoms with Crippen LogP contribution in [0.3, 0.4) is 0 Å². The summed E-state index contributed by atoms with van der Waals surface area (Å²) in [6.45, 7) is 0. The lowest BCUT2D eigenvalue weighted by Crippen LogP contribution is -2.04. The Morgan fingerprint density at radius 1 is 1.04 bits per heavy atom. The van der Waals surface area contributed by atoms with E-state index < -0.39 is 11.6 Å². The van der Waals surface area contributed by atoms with Gasteiger partial charge in [0.1, 0.15) is 22.1 Å². The van der Waals surface area contributed by atoms with Gasteiger partial charge in [-0.2, -0.15) is 0 Å². The molecule has 114 valence electrons. The van der Waals surface area contributed by atoms with E-state index >= 15 is 0 Å². The fourth-order valence-electron chi connectivity index (χ4n) is 2.83. The average molecular weight is 329 g/mol. The molecule has 6 heteroatoms. The molecular weight excluding hydrogens is 320 g/mol. The number of aromatic hydroxyl groups is 1. The lowest BCUT2D eigenvalue weighted by molar-refractivity contribution is 0.478. The Morgan fingerprint density at radius 3 is 2.52 bits per heavy atom. The van der Waals surface area contributed by atoms with E-state index in [9.17, 15) is 18.7 Å². The van der Waals surface area contributed by atoms with E-state index in [4.69, 9.17) is 0 Å². The monoisotopic (exact) mass is 329 g/mol. The molecule has 0 amide bonds. The number of H-pyrrole nitrogens is 1. The quantitative estimate of drug-likeness (QED) is 0.544. The Morgan fingerprint density at radius 2 is 1.78 bits per heavy atom. The second-order valence-corrected chi connectivity index (χ2v) is 6.07. The molecule has 0 aliphatic rings. The molecule has 0 saturated carbocycles. The maximum atomic E-state index is 13.6. The third-order valence-corrected chi connectivity index (χ3v) is 4.64. The van der Waals surface area contributed by atoms with Crippen molar-refractivity contribution in [1.29, 1.82) is 0 Å². The number of halogens is 2. The summed E-state index contributed by atoms with van der Waals surface area (Å²) >= 11 is 1.27. The van der Waals surface area contributed by atoms with Gasteiger partial charge in [-0.1, -0.05) is 0 Å². The smallest absolute Gasteiger partial charge is 0.266 e. The minimum Gasteiger partial charge on any atom is -0.507 e. The Kier molecular flexibility index (Phi) is 2.96. The van der Waals surface area contributed by atoms with Crippen LogP contribution in [-0.4, -0.2) is 10.1 Å². The maximum absolute atomic E-state index is 13.6. The number of fused-ring (bicyclic) bond motifs is 3. The van der Waals surface area contributed by atoms with Crippen molar-refractivity contribution in [2.24, 2.45) is 0 Å². The first kappa shape index (κ1) is 13.9. The first-order valence-electron chi connectivity index (χ1n) is 6.76. The van der Waals surface area contributed by atoms with Crippen molar-refractivity contribution in [2.75, 3.05) is 0 Å². The van der Waals surface area contributed by atoms with E-state index in [1.807, 2.05) is 0 Å². The molecule has 0 aliphatic carbocycles. The van der Waals surface area contributed by atoms with Crippen LogP contribution in [0.15, 0.2) is 46.6 Å². The highest BCUT2D eigenvalue weighted by molar-refractivity contribution is 7.17. The zero-order valence-corrected chi connectivity index (χ0v) is 12.4. The van der Waals surface area contributed by atoms with Gasteiger partial charge in [-0.05, 0) is 41.3 Å². The summed E-state index contributed by atoms with van der Waals surface area (Å²) in [7, 11) is 0. The van der Waals surface area contributed by atoms with Gasteiger partial charge in [0.2, 0.25) is 0 Å². The first-order valence-corrected chi connectivity index (χ1v) is 7.64. The van der Waals surface area contributed by atoms with Crippen molar-refractivity contribution in [3.63, 3.8) is 0 Å². The topological polar surface area (TPSA) is 53.1 Å². The van der Waals surface area contributed by atoms with Crippen LogP contribution in [-0.2, 0) is 0 Å². The molecule has 0 bridgehead atoms. The van der Waals surface area contributed by atoms with Crippen LogP contribution in [0.2, 0.25) is 0 Å². The highest BCUT2D eigenvalue weighted by Crippen LogP contribution is 2.39. The molecular formula is C17H9F2NO2S. The number of nitrogens with one attached hydrogen (secondary N) is 1. The van der Waals surface area contributed by atoms with E-state index in [1.54, 1.807) is 17.5 Å². The summed E-state index contributed by atoms with van der Waals surface area (Å²) in [6, 6.07) is 7.81. The van der Waals surface area contributed by atoms with Crippen LogP contribution in [0, 0.1) is 11.6 Å². The van der Waals surface area contributed by atoms with Gasteiger partial charge in [-0.15, -0.1) is 11.3 Å². The number of phenols is 1. The standard InChI is InChI=1S/C17H9F2NO2S/c18-9-5-8(6-10(19)7-9)14-13(21)2-1-12-15(14)11-3-4-23-16(11)17(22)20-12/h1-7,21H,(H,20,22). The fourth-order valence-corrected chi connectivity index (χ4v) is 3.62. The minimum absolute atomic E-state index is 0.109. The predicted octanol–water partition coefficient (Wildman–Crippen LogP) is 4.39. The van der Waals surface area contributed by atoms with Crippen molar-refractivity contribution in [3.8, 4) is 16.9 Å². The molecule has 2 aromatic carbocycles. The van der Waals surface area contributed by atoms with Crippen molar-refractivity contribution >= 4 is 32.3 Å². The second-order valence-electron chi connectivity index (χ2n) is 5.16. The maximum Gasteiger partial charge on any atom is 0.266 e. The predicted molar refractivity (Wildman–Crippen MR) is 87.0 cm³/mol. The van der Waals surface area contributed by atoms with Gasteiger partial charge in [0.15, 0.2) is 0 Å². The SMILES string of the molecule is O=c1[nH]c2ccc(O)c(-c3cc(F)cc(F)c3)c2c2ccsc12. The van der Waals surface area contributed by atoms with Crippen LogP contribution in [0.5, 0.6) is 5.75 Å². The summed E-state index contributed by atoms with van der Waals surface area (Å²) < 4.78 is 27.7. The molecule has 2 heterocycles. The number of hydrogen-bond acceptors (Lipinski definition) is 3. The molecule has 0 aliphatic heterocycles. The summed E-state index contributed by atoms with van der Waals surface area (Å²) in [5.41, 5.74) is 0.772. The van der Waals surface area contributed by atoms with Gasteiger partial charge in [0.25, 0.3) is 5.56 Å². The van der Waals surface area contributed by atoms with E-state index in [1.165, 1.54) is 17.4 Å². The van der Waals surface area contributed by atoms with E-state index in [-0.39, 0.29) is 16.9 Å². The molecule has 0 spiro atoms. The zero-order valence-electron chi connectivity index (χ0n) is 11.6. The number of hydrogen-bond donors (Lipinski definition) is 2. The van der Waals surface area contributed by atoms with Crippen LogP contribution < -0.4 is 5.56 Å². The normalized spacial score (nSPS) is 11.4. The Bertz CT molecular complexity index is 1110. The van der Waals surface area contributed by atoms with Crippen molar-refractivity contribution in [1.82, 2.24) is 4.98 Å². The fraction of sp³-hybridized carbons (Fsp3) is 0. The molecule has 23 heavy (non-hydrogen) atoms. The average Bonchev–Trinajstić information content (AvgIpc) is 2.97. The highest BCUT2D eigenvalue weighted by atomic mass is 32.1. The number of benzene rings is 2. The molecule has 2 N–H and O–H groups in total. The highest BCUT2D eigenvalue weighted by Gasteiger charge is 2.16. The lowest BCUT2D eigenvalue weighted by Gasteiger charge is -2.11. The third-order valence-electron chi connectivity index (χ3n) is 3.72. The number of aromatic nitrogens is 1. The van der Waals surface area contributed by atoms with Gasteiger partial charge >= 0.3 is 0 Å². The Balaban J connectivity index is 2.23. The van der Waals surface area contributed by atoms with Crippen LogP contribution in [0.1, 0.15) is 0 Å². The molecule has 0 atom stereocenters. The van der Waals surface area contributed by atoms with Crippen LogP contribution >= 0.6 is 11.3 Å². The van der Waals surface area contributed by atoms with Crippen molar-refractivity contribution in [3.05, 3.63) is 63.8 Å². The van der Waals surface area contributed by atoms with E-state index in [0.29, 0.717) is 26.6 Å². The van der Waals surface area contributed by atoms with Gasteiger partial charge in [-0.3, -0.25) is 4.79 Å². The van der Waals surface area contributed by atoms with Crippen LogP contribution in [0.25, 0.3) is 32.1 Å². The summed E-state index contributed by atoms with van der Waals surface area (Å²) in [5.74, 6) is -1.58. The number of phenolic OH excluding ortho intramolecular Hbond substituents is 1. The summed E-state index contributed by atoms with van der Waals surface area (Å²) in [5, 5.41) is 13.2. The van der Waals surface area contributed by atoms with E-state index in [2.05, 4.69) is 4.98 Å². The van der Waals surface area contributed by atoms with Gasteiger partial charge in [-0.25, -0.2) is 8.78 Å². The van der Waals surface area contributed by atoms with Gasteiger partial charge in [0.05, 0.1) is 0 Å². The largest absolute Gasteiger partial charge is 0.507 e. The Hall–Kier alpha value is -2.73. The molecule has 3 nitrogen and oxygen atoms in total. The third kappa shape index (κ3) is 2.10. The number of pyridine rings is 1. The van der Waals surface area contributed by atoms with E-state index in [0.717, 1.165) is 18.2 Å². The number of rotatable bonds is 1. The zero-order chi connectivity index (χ0) is 16.1. The lowest BCUT2D eigenvalue weighted by atomic mass is 9.97. The first-order chi connectivity index (χ1) is 11.0. The molecule has 0 fully saturated rings. The number of thiophene rings is 1. The van der Waals surface area contributed by atoms with Gasteiger partial charge in [0, 0.05) is 27.9 Å². The molecule has 0 saturated heterocycles. The van der Waals surface area contributed by atoms with Crippen molar-refractivity contribution < 1.29 is 13.9 Å². The van der Waals surface area contributed by atoms with Crippen molar-refractivity contribution in [2.45, 2.75) is 0 Å². The second kappa shape index (κ2) is 4.89. The molecule has 4 rings (SSSR count). The number of aromatic amines is 1. The molecule has 2 aromatic heterocycles. The molecule has 4 aromatic rings. The molecule has 0 radical (unpaired) electrons. The Labute approximate surface area is 132 Å². The summed E-state index contributed by atoms with van der Waals surface area (Å²) in [4.78, 5) is 14.8. The summed E-state index contributed by atoms with van der Waals surface area (Å²) in [6.07, 6.45) is 0. The van der Waals surface area contributed by atoms with Gasteiger partial charge < -0.3 is 10.1 Å². The molecule has 0 unspecified atom stereocenters. The minimum atomic E-state index is -0.734. The van der Waals surface area contributed by atoms with Crippen LogP contribution in [0.4, 0.5) is 8.78 Å².